The van der Waals surface area contributed by atoms with Crippen molar-refractivity contribution in [3.63, 3.8) is 0 Å². The molecular formula is C28H20N6O2. The number of rotatable bonds is 6. The fraction of sp³-hybridized carbons (Fsp3) is 0. The summed E-state index contributed by atoms with van der Waals surface area (Å²) in [5.41, 5.74) is 3.45. The zero-order valence-electron chi connectivity index (χ0n) is 19.0. The fourth-order valence-corrected chi connectivity index (χ4v) is 3.52. The SMILES string of the molecule is Oc1cccnc1C(=Nc1ccccc1N=C(c1ccccn1)c1ncccc1O)c1ccccn1. The Balaban J connectivity index is 1.72. The third-order valence-electron chi connectivity index (χ3n) is 5.18. The van der Waals surface area contributed by atoms with Crippen LogP contribution in [-0.4, -0.2) is 41.6 Å². The van der Waals surface area contributed by atoms with E-state index in [2.05, 4.69) is 19.9 Å². The highest BCUT2D eigenvalue weighted by Crippen LogP contribution is 2.32. The number of benzene rings is 1. The molecule has 0 radical (unpaired) electrons. The van der Waals surface area contributed by atoms with Crippen LogP contribution in [0.3, 0.4) is 0 Å². The molecule has 8 heteroatoms. The molecule has 0 aliphatic heterocycles. The fourth-order valence-electron chi connectivity index (χ4n) is 3.52. The van der Waals surface area contributed by atoms with Gasteiger partial charge in [-0.1, -0.05) is 24.3 Å². The van der Waals surface area contributed by atoms with Crippen LogP contribution in [0.2, 0.25) is 0 Å². The van der Waals surface area contributed by atoms with E-state index in [9.17, 15) is 10.2 Å². The second-order valence-electron chi connectivity index (χ2n) is 7.58. The van der Waals surface area contributed by atoms with Gasteiger partial charge in [0.25, 0.3) is 0 Å². The zero-order chi connectivity index (χ0) is 24.7. The molecule has 0 aliphatic rings. The maximum Gasteiger partial charge on any atom is 0.143 e. The first kappa shape index (κ1) is 22.5. The highest BCUT2D eigenvalue weighted by molar-refractivity contribution is 6.15. The summed E-state index contributed by atoms with van der Waals surface area (Å²) in [4.78, 5) is 27.2. The van der Waals surface area contributed by atoms with Gasteiger partial charge in [-0.15, -0.1) is 0 Å². The van der Waals surface area contributed by atoms with Crippen LogP contribution in [0.4, 0.5) is 11.4 Å². The second-order valence-corrected chi connectivity index (χ2v) is 7.58. The number of hydrogen-bond donors (Lipinski definition) is 2. The molecule has 2 N–H and O–H groups in total. The standard InChI is InChI=1S/C28H20N6O2/c35-23-13-7-17-31-27(23)25(21-11-3-5-15-29-21)33-19-9-1-2-10-20(19)34-26(22-12-4-6-16-30-22)28-24(36)14-8-18-32-28/h1-18,35-36H. The van der Waals surface area contributed by atoms with Crippen LogP contribution < -0.4 is 0 Å². The molecule has 0 aliphatic carbocycles. The molecule has 8 nitrogen and oxygen atoms in total. The van der Waals surface area contributed by atoms with Crippen LogP contribution in [0, 0.1) is 0 Å². The first-order valence-corrected chi connectivity index (χ1v) is 11.1. The summed E-state index contributed by atoms with van der Waals surface area (Å²) in [6.45, 7) is 0. The summed E-state index contributed by atoms with van der Waals surface area (Å²) in [6.07, 6.45) is 6.47. The summed E-state index contributed by atoms with van der Waals surface area (Å²) in [7, 11) is 0. The molecule has 5 rings (SSSR count). The molecule has 0 atom stereocenters. The summed E-state index contributed by atoms with van der Waals surface area (Å²) in [5, 5.41) is 21.0. The van der Waals surface area contributed by atoms with Gasteiger partial charge in [0, 0.05) is 24.8 Å². The van der Waals surface area contributed by atoms with E-state index in [-0.39, 0.29) is 11.5 Å². The van der Waals surface area contributed by atoms with Crippen molar-refractivity contribution in [2.24, 2.45) is 9.98 Å². The lowest BCUT2D eigenvalue weighted by atomic mass is 10.1. The number of hydrogen-bond acceptors (Lipinski definition) is 8. The van der Waals surface area contributed by atoms with Crippen molar-refractivity contribution in [3.8, 4) is 11.5 Å². The maximum atomic E-state index is 10.5. The maximum absolute atomic E-state index is 10.5. The molecule has 0 saturated carbocycles. The quantitative estimate of drug-likeness (QED) is 0.335. The van der Waals surface area contributed by atoms with Gasteiger partial charge in [-0.3, -0.25) is 19.9 Å². The van der Waals surface area contributed by atoms with E-state index in [0.717, 1.165) is 0 Å². The van der Waals surface area contributed by atoms with Gasteiger partial charge in [-0.2, -0.15) is 0 Å². The first-order chi connectivity index (χ1) is 17.7. The Morgan fingerprint density at radius 3 is 1.28 bits per heavy atom. The molecule has 1 aromatic carbocycles. The third kappa shape index (κ3) is 4.83. The Hall–Kier alpha value is -5.24. The minimum Gasteiger partial charge on any atom is -0.506 e. The molecule has 0 bridgehead atoms. The lowest BCUT2D eigenvalue weighted by Crippen LogP contribution is -2.08. The topological polar surface area (TPSA) is 117 Å². The smallest absolute Gasteiger partial charge is 0.143 e. The average Bonchev–Trinajstić information content (AvgIpc) is 2.93. The second kappa shape index (κ2) is 10.4. The van der Waals surface area contributed by atoms with Crippen molar-refractivity contribution in [1.29, 1.82) is 0 Å². The summed E-state index contributed by atoms with van der Waals surface area (Å²) in [6, 6.07) is 24.5. The molecule has 0 saturated heterocycles. The van der Waals surface area contributed by atoms with Crippen molar-refractivity contribution >= 4 is 22.8 Å². The highest BCUT2D eigenvalue weighted by atomic mass is 16.3. The third-order valence-corrected chi connectivity index (χ3v) is 5.18. The normalized spacial score (nSPS) is 11.9. The summed E-state index contributed by atoms with van der Waals surface area (Å²) in [5.74, 6) is -0.0362. The molecule has 36 heavy (non-hydrogen) atoms. The van der Waals surface area contributed by atoms with Gasteiger partial charge in [0.2, 0.25) is 0 Å². The summed E-state index contributed by atoms with van der Waals surface area (Å²) >= 11 is 0. The zero-order valence-corrected chi connectivity index (χ0v) is 19.0. The van der Waals surface area contributed by atoms with Gasteiger partial charge in [0.15, 0.2) is 0 Å². The Morgan fingerprint density at radius 2 is 0.889 bits per heavy atom. The number of aromatic nitrogens is 4. The molecule has 0 amide bonds. The van der Waals surface area contributed by atoms with Crippen molar-refractivity contribution in [2.75, 3.05) is 0 Å². The van der Waals surface area contributed by atoms with Crippen molar-refractivity contribution in [3.05, 3.63) is 132 Å². The molecule has 4 aromatic heterocycles. The van der Waals surface area contributed by atoms with Crippen molar-refractivity contribution in [2.45, 2.75) is 0 Å². The first-order valence-electron chi connectivity index (χ1n) is 11.1. The van der Waals surface area contributed by atoms with Crippen LogP contribution in [0.15, 0.2) is 120 Å². The number of nitrogens with zero attached hydrogens (tertiary/aromatic N) is 6. The molecule has 174 valence electrons. The molecule has 0 spiro atoms. The Kier molecular flexibility index (Phi) is 6.48. The number of aromatic hydroxyl groups is 2. The molecule has 5 aromatic rings. The Labute approximate surface area is 207 Å². The highest BCUT2D eigenvalue weighted by Gasteiger charge is 2.18. The van der Waals surface area contributed by atoms with Gasteiger partial charge in [0.05, 0.1) is 22.8 Å². The van der Waals surface area contributed by atoms with Crippen LogP contribution in [0.5, 0.6) is 11.5 Å². The van der Waals surface area contributed by atoms with Crippen LogP contribution in [-0.2, 0) is 0 Å². The van der Waals surface area contributed by atoms with Gasteiger partial charge in [0.1, 0.15) is 34.3 Å². The van der Waals surface area contributed by atoms with E-state index in [4.69, 9.17) is 9.98 Å². The Morgan fingerprint density at radius 1 is 0.472 bits per heavy atom. The lowest BCUT2D eigenvalue weighted by Gasteiger charge is -2.11. The Bertz CT molecular complexity index is 1440. The lowest BCUT2D eigenvalue weighted by molar-refractivity contribution is 0.471. The van der Waals surface area contributed by atoms with Gasteiger partial charge >= 0.3 is 0 Å². The van der Waals surface area contributed by atoms with E-state index in [1.165, 1.54) is 0 Å². The van der Waals surface area contributed by atoms with Gasteiger partial charge in [-0.05, 0) is 60.7 Å². The van der Waals surface area contributed by atoms with Crippen molar-refractivity contribution in [1.82, 2.24) is 19.9 Å². The van der Waals surface area contributed by atoms with Gasteiger partial charge in [-0.25, -0.2) is 9.98 Å². The number of para-hydroxylation sites is 2. The molecule has 0 unspecified atom stereocenters. The minimum atomic E-state index is -0.0181. The van der Waals surface area contributed by atoms with E-state index >= 15 is 0 Å². The minimum absolute atomic E-state index is 0.0181. The number of pyridine rings is 4. The van der Waals surface area contributed by atoms with E-state index in [0.29, 0.717) is 45.6 Å². The molecular weight excluding hydrogens is 452 g/mol. The molecule has 4 heterocycles. The van der Waals surface area contributed by atoms with Crippen LogP contribution in [0.25, 0.3) is 0 Å². The largest absolute Gasteiger partial charge is 0.506 e. The predicted octanol–water partition coefficient (Wildman–Crippen LogP) is 5.02. The van der Waals surface area contributed by atoms with Crippen molar-refractivity contribution < 1.29 is 10.2 Å². The van der Waals surface area contributed by atoms with Crippen LogP contribution >= 0.6 is 0 Å². The van der Waals surface area contributed by atoms with E-state index in [1.807, 2.05) is 24.3 Å². The monoisotopic (exact) mass is 472 g/mol. The molecule has 0 fully saturated rings. The predicted molar refractivity (Wildman–Crippen MR) is 137 cm³/mol. The van der Waals surface area contributed by atoms with E-state index in [1.54, 1.807) is 85.5 Å². The summed E-state index contributed by atoms with van der Waals surface area (Å²) < 4.78 is 0. The average molecular weight is 473 g/mol. The van der Waals surface area contributed by atoms with Gasteiger partial charge < -0.3 is 10.2 Å². The van der Waals surface area contributed by atoms with Crippen LogP contribution in [0.1, 0.15) is 22.8 Å². The van der Waals surface area contributed by atoms with E-state index < -0.39 is 0 Å². The number of aliphatic imine (C=N–C) groups is 2.